The second kappa shape index (κ2) is 7.53. The van der Waals surface area contributed by atoms with Gasteiger partial charge < -0.3 is 5.32 Å². The summed E-state index contributed by atoms with van der Waals surface area (Å²) >= 11 is 14.2. The molecular weight excluding hydrogens is 366 g/mol. The average Bonchev–Trinajstić information content (AvgIpc) is 2.85. The van der Waals surface area contributed by atoms with Gasteiger partial charge in [0.15, 0.2) is 0 Å². The number of benzene rings is 2. The summed E-state index contributed by atoms with van der Waals surface area (Å²) < 4.78 is 0.502. The molecule has 0 radical (unpaired) electrons. The van der Waals surface area contributed by atoms with Gasteiger partial charge in [0.2, 0.25) is 0 Å². The molecule has 1 saturated heterocycles. The predicted octanol–water partition coefficient (Wildman–Crippen LogP) is 5.12. The first-order valence-electron chi connectivity index (χ1n) is 6.83. The first-order valence-corrected chi connectivity index (χ1v) is 9.42. The normalized spacial score (nSPS) is 16.0. The van der Waals surface area contributed by atoms with Crippen molar-refractivity contribution in [2.45, 2.75) is 10.6 Å². The van der Waals surface area contributed by atoms with Gasteiger partial charge in [0.25, 0.3) is 5.91 Å². The van der Waals surface area contributed by atoms with E-state index in [1.807, 2.05) is 54.6 Å². The minimum Gasteiger partial charge on any atom is -0.307 e. The summed E-state index contributed by atoms with van der Waals surface area (Å²) in [4.78, 5) is 13.5. The van der Waals surface area contributed by atoms with Crippen LogP contribution in [0.15, 0.2) is 58.3 Å². The number of amides is 1. The highest BCUT2D eigenvalue weighted by Crippen LogP contribution is 2.32. The Balaban J connectivity index is 1.81. The average molecular weight is 378 g/mol. The first kappa shape index (κ1) is 16.6. The fraction of sp³-hybridized carbons (Fsp3) is 0.0588. The molecule has 0 aromatic heterocycles. The number of nitrogens with one attached hydrogen (secondary N) is 1. The third kappa shape index (κ3) is 4.18. The van der Waals surface area contributed by atoms with Crippen LogP contribution in [0.25, 0.3) is 6.08 Å². The Kier molecular flexibility index (Phi) is 5.43. The molecule has 1 aliphatic heterocycles. The van der Waals surface area contributed by atoms with Gasteiger partial charge in [-0.05, 0) is 29.3 Å². The lowest BCUT2D eigenvalue weighted by atomic mass is 10.2. The Morgan fingerprint density at radius 2 is 1.91 bits per heavy atom. The van der Waals surface area contributed by atoms with Crippen molar-refractivity contribution in [2.75, 3.05) is 0 Å². The molecule has 1 amide bonds. The molecule has 116 valence electrons. The van der Waals surface area contributed by atoms with E-state index in [9.17, 15) is 4.79 Å². The molecule has 0 bridgehead atoms. The molecule has 1 aliphatic rings. The van der Waals surface area contributed by atoms with Crippen LogP contribution in [0, 0.1) is 0 Å². The monoisotopic (exact) mass is 377 g/mol. The summed E-state index contributed by atoms with van der Waals surface area (Å²) in [6, 6.07) is 15.8. The fourth-order valence-electron chi connectivity index (χ4n) is 2.06. The highest BCUT2D eigenvalue weighted by atomic mass is 35.5. The van der Waals surface area contributed by atoms with E-state index in [0.29, 0.717) is 9.23 Å². The van der Waals surface area contributed by atoms with Gasteiger partial charge >= 0.3 is 0 Å². The highest BCUT2D eigenvalue weighted by molar-refractivity contribution is 8.26. The SMILES string of the molecule is O=C1NC(=S)SC1=Cc1ccccc1SCc1ccccc1Cl. The number of rotatable bonds is 4. The van der Waals surface area contributed by atoms with E-state index in [1.54, 1.807) is 11.8 Å². The summed E-state index contributed by atoms with van der Waals surface area (Å²) in [5.74, 6) is 0.642. The van der Waals surface area contributed by atoms with Crippen molar-refractivity contribution in [2.24, 2.45) is 0 Å². The van der Waals surface area contributed by atoms with E-state index in [1.165, 1.54) is 11.8 Å². The summed E-state index contributed by atoms with van der Waals surface area (Å²) in [5.41, 5.74) is 2.10. The summed E-state index contributed by atoms with van der Waals surface area (Å²) in [6.45, 7) is 0. The van der Waals surface area contributed by atoms with Crippen LogP contribution >= 0.6 is 47.3 Å². The zero-order chi connectivity index (χ0) is 16.2. The van der Waals surface area contributed by atoms with Gasteiger partial charge in [-0.1, -0.05) is 72.0 Å². The minimum absolute atomic E-state index is 0.133. The molecule has 6 heteroatoms. The number of hydrogen-bond acceptors (Lipinski definition) is 4. The zero-order valence-corrected chi connectivity index (χ0v) is 15.1. The molecule has 0 saturated carbocycles. The van der Waals surface area contributed by atoms with E-state index >= 15 is 0 Å². The smallest absolute Gasteiger partial charge is 0.263 e. The van der Waals surface area contributed by atoms with E-state index in [-0.39, 0.29) is 5.91 Å². The van der Waals surface area contributed by atoms with Gasteiger partial charge in [-0.3, -0.25) is 4.79 Å². The molecule has 1 N–H and O–H groups in total. The Bertz CT molecular complexity index is 804. The second-order valence-electron chi connectivity index (χ2n) is 4.77. The van der Waals surface area contributed by atoms with Crippen LogP contribution in [0.4, 0.5) is 0 Å². The minimum atomic E-state index is -0.133. The Morgan fingerprint density at radius 3 is 2.65 bits per heavy atom. The van der Waals surface area contributed by atoms with Crippen LogP contribution in [0.3, 0.4) is 0 Å². The maximum Gasteiger partial charge on any atom is 0.263 e. The molecule has 1 fully saturated rings. The van der Waals surface area contributed by atoms with Crippen LogP contribution in [-0.4, -0.2) is 10.2 Å². The lowest BCUT2D eigenvalue weighted by molar-refractivity contribution is -0.115. The van der Waals surface area contributed by atoms with E-state index in [4.69, 9.17) is 23.8 Å². The number of hydrogen-bond donors (Lipinski definition) is 1. The molecule has 2 aromatic carbocycles. The van der Waals surface area contributed by atoms with Gasteiger partial charge in [-0.2, -0.15) is 0 Å². The Morgan fingerprint density at radius 1 is 1.17 bits per heavy atom. The summed E-state index contributed by atoms with van der Waals surface area (Å²) in [5, 5.41) is 3.41. The van der Waals surface area contributed by atoms with Crippen LogP contribution in [0.5, 0.6) is 0 Å². The van der Waals surface area contributed by atoms with Crippen molar-refractivity contribution in [1.82, 2.24) is 5.32 Å². The summed E-state index contributed by atoms with van der Waals surface area (Å²) in [7, 11) is 0. The zero-order valence-electron chi connectivity index (χ0n) is 11.9. The molecule has 0 unspecified atom stereocenters. The quantitative estimate of drug-likeness (QED) is 0.455. The topological polar surface area (TPSA) is 29.1 Å². The number of thiocarbonyl (C=S) groups is 1. The van der Waals surface area contributed by atoms with Crippen LogP contribution < -0.4 is 5.32 Å². The van der Waals surface area contributed by atoms with Crippen molar-refractivity contribution in [3.8, 4) is 0 Å². The molecule has 3 rings (SSSR count). The lowest BCUT2D eigenvalue weighted by Gasteiger charge is -2.07. The Hall–Kier alpha value is -1.27. The number of halogens is 1. The fourth-order valence-corrected chi connectivity index (χ4v) is 4.41. The number of thioether (sulfide) groups is 2. The maximum absolute atomic E-state index is 11.8. The molecule has 23 heavy (non-hydrogen) atoms. The molecular formula is C17H12ClNOS3. The lowest BCUT2D eigenvalue weighted by Crippen LogP contribution is -2.17. The number of carbonyl (C=O) groups excluding carboxylic acids is 1. The molecule has 0 aliphatic carbocycles. The van der Waals surface area contributed by atoms with Gasteiger partial charge in [-0.15, -0.1) is 11.8 Å². The van der Waals surface area contributed by atoms with Crippen molar-refractivity contribution in [1.29, 1.82) is 0 Å². The third-order valence-electron chi connectivity index (χ3n) is 3.19. The summed E-state index contributed by atoms with van der Waals surface area (Å²) in [6.07, 6.45) is 1.88. The molecule has 1 heterocycles. The van der Waals surface area contributed by atoms with E-state index < -0.39 is 0 Å². The third-order valence-corrected chi connectivity index (χ3v) is 5.86. The van der Waals surface area contributed by atoms with Gasteiger partial charge in [-0.25, -0.2) is 0 Å². The van der Waals surface area contributed by atoms with E-state index in [0.717, 1.165) is 26.8 Å². The van der Waals surface area contributed by atoms with Crippen molar-refractivity contribution < 1.29 is 4.79 Å². The van der Waals surface area contributed by atoms with Crippen LogP contribution in [-0.2, 0) is 10.5 Å². The van der Waals surface area contributed by atoms with Gasteiger partial charge in [0.05, 0.1) is 4.91 Å². The van der Waals surface area contributed by atoms with Crippen LogP contribution in [0.2, 0.25) is 5.02 Å². The molecule has 2 nitrogen and oxygen atoms in total. The second-order valence-corrected chi connectivity index (χ2v) is 7.91. The van der Waals surface area contributed by atoms with Crippen molar-refractivity contribution in [3.63, 3.8) is 0 Å². The molecule has 0 spiro atoms. The molecule has 0 atom stereocenters. The van der Waals surface area contributed by atoms with Gasteiger partial charge in [0, 0.05) is 15.7 Å². The van der Waals surface area contributed by atoms with E-state index in [2.05, 4.69) is 5.32 Å². The Labute approximate surface area is 153 Å². The largest absolute Gasteiger partial charge is 0.307 e. The standard InChI is InChI=1S/C17H12ClNOS3/c18-13-7-3-1-6-12(13)10-22-14-8-4-2-5-11(14)9-15-16(20)19-17(21)23-15/h1-9H,10H2,(H,19,20,21). The highest BCUT2D eigenvalue weighted by Gasteiger charge is 2.22. The van der Waals surface area contributed by atoms with Crippen LogP contribution in [0.1, 0.15) is 11.1 Å². The maximum atomic E-state index is 11.8. The van der Waals surface area contributed by atoms with Gasteiger partial charge in [0.1, 0.15) is 4.32 Å². The number of carbonyl (C=O) groups is 1. The molecule has 2 aromatic rings. The predicted molar refractivity (Wildman–Crippen MR) is 104 cm³/mol. The first-order chi connectivity index (χ1) is 11.1. The van der Waals surface area contributed by atoms with Crippen molar-refractivity contribution >= 4 is 63.6 Å². The van der Waals surface area contributed by atoms with Crippen molar-refractivity contribution in [3.05, 3.63) is 69.6 Å².